The monoisotopic (exact) mass is 390 g/mol. The van der Waals surface area contributed by atoms with Crippen LogP contribution in [0.15, 0.2) is 0 Å². The Morgan fingerprint density at radius 1 is 0.538 bits per heavy atom. The molecule has 0 fully saturated rings. The molecule has 0 aliphatic rings. The lowest BCUT2D eigenvalue weighted by molar-refractivity contribution is 0.198. The van der Waals surface area contributed by atoms with Gasteiger partial charge in [0.15, 0.2) is 0 Å². The second-order valence-corrected chi connectivity index (χ2v) is 19.7. The summed E-state index contributed by atoms with van der Waals surface area (Å²) in [5, 5.41) is 0.565. The van der Waals surface area contributed by atoms with Gasteiger partial charge in [-0.2, -0.15) is 0 Å². The quantitative estimate of drug-likeness (QED) is 0.376. The lowest BCUT2D eigenvalue weighted by atomic mass is 10.2. The molecule has 0 aromatic heterocycles. The normalized spacial score (nSPS) is 12.2. The van der Waals surface area contributed by atoms with E-state index >= 15 is 0 Å². The Kier molecular flexibility index (Phi) is 10.0. The standard InChI is InChI=1S/C22H38O2Si2/c1-21(2,3)25(7,8)19-13-17-23-15-11-12-16-24-18-14-20-26(9,10)22(4,5)6/h15-18H2,1-10H3. The molecule has 2 nitrogen and oxygen atoms in total. The highest BCUT2D eigenvalue weighted by molar-refractivity contribution is 6.88. The van der Waals surface area contributed by atoms with E-state index in [1.54, 1.807) is 0 Å². The lowest BCUT2D eigenvalue weighted by Gasteiger charge is -2.31. The van der Waals surface area contributed by atoms with E-state index < -0.39 is 16.1 Å². The van der Waals surface area contributed by atoms with Crippen LogP contribution in [0, 0.1) is 34.8 Å². The third-order valence-corrected chi connectivity index (χ3v) is 14.5. The summed E-state index contributed by atoms with van der Waals surface area (Å²) < 4.78 is 10.9. The molecule has 0 unspecified atom stereocenters. The van der Waals surface area contributed by atoms with Crippen LogP contribution in [0.2, 0.25) is 36.3 Å². The molecular weight excluding hydrogens is 352 g/mol. The molecule has 0 saturated carbocycles. The first-order valence-electron chi connectivity index (χ1n) is 9.32. The Labute approximate surface area is 164 Å². The third-order valence-electron chi connectivity index (χ3n) is 5.37. The van der Waals surface area contributed by atoms with Gasteiger partial charge >= 0.3 is 0 Å². The van der Waals surface area contributed by atoms with E-state index in [-0.39, 0.29) is 10.1 Å². The third kappa shape index (κ3) is 9.65. The summed E-state index contributed by atoms with van der Waals surface area (Å²) in [6, 6.07) is 0. The van der Waals surface area contributed by atoms with Crippen molar-refractivity contribution in [2.24, 2.45) is 0 Å². The highest BCUT2D eigenvalue weighted by Crippen LogP contribution is 2.35. The van der Waals surface area contributed by atoms with Crippen molar-refractivity contribution in [1.82, 2.24) is 0 Å². The molecule has 146 valence electrons. The highest BCUT2D eigenvalue weighted by atomic mass is 28.3. The average Bonchev–Trinajstić information content (AvgIpc) is 2.45. The van der Waals surface area contributed by atoms with E-state index in [2.05, 4.69) is 102 Å². The average molecular weight is 391 g/mol. The van der Waals surface area contributed by atoms with Gasteiger partial charge < -0.3 is 9.47 Å². The molecule has 0 amide bonds. The zero-order valence-electron chi connectivity index (χ0n) is 18.6. The number of hydrogen-bond donors (Lipinski definition) is 0. The maximum Gasteiger partial charge on any atom is 0.137 e. The van der Waals surface area contributed by atoms with E-state index in [4.69, 9.17) is 9.47 Å². The number of hydrogen-bond acceptors (Lipinski definition) is 2. The van der Waals surface area contributed by atoms with Crippen molar-refractivity contribution in [2.45, 2.75) is 77.8 Å². The molecule has 0 aliphatic carbocycles. The van der Waals surface area contributed by atoms with Crippen molar-refractivity contribution in [1.29, 1.82) is 0 Å². The number of ether oxygens (including phenoxy) is 2. The van der Waals surface area contributed by atoms with Crippen LogP contribution >= 0.6 is 0 Å². The van der Waals surface area contributed by atoms with Crippen molar-refractivity contribution in [3.05, 3.63) is 0 Å². The molecule has 0 aromatic rings. The zero-order chi connectivity index (χ0) is 20.5. The Hall–Kier alpha value is -0.966. The van der Waals surface area contributed by atoms with Gasteiger partial charge in [-0.25, -0.2) is 0 Å². The molecule has 0 aromatic carbocycles. The van der Waals surface area contributed by atoms with Gasteiger partial charge in [-0.15, -0.1) is 11.1 Å². The Morgan fingerprint density at radius 3 is 1.08 bits per heavy atom. The highest BCUT2D eigenvalue weighted by Gasteiger charge is 2.34. The molecule has 0 heterocycles. The summed E-state index contributed by atoms with van der Waals surface area (Å²) in [6.45, 7) is 24.4. The molecule has 26 heavy (non-hydrogen) atoms. The topological polar surface area (TPSA) is 18.5 Å². The smallest absolute Gasteiger partial charge is 0.137 e. The van der Waals surface area contributed by atoms with Crippen LogP contribution in [0.5, 0.6) is 0 Å². The van der Waals surface area contributed by atoms with E-state index in [0.29, 0.717) is 26.4 Å². The Bertz CT molecular complexity index is 561. The summed E-state index contributed by atoms with van der Waals surface area (Å²) in [5.74, 6) is 12.2. The fraction of sp³-hybridized carbons (Fsp3) is 0.727. The number of rotatable bonds is 4. The van der Waals surface area contributed by atoms with Gasteiger partial charge in [0, 0.05) is 0 Å². The molecule has 0 bridgehead atoms. The van der Waals surface area contributed by atoms with Crippen LogP contribution in [0.4, 0.5) is 0 Å². The molecule has 4 heteroatoms. The van der Waals surface area contributed by atoms with Gasteiger partial charge in [0.05, 0.1) is 0 Å². The summed E-state index contributed by atoms with van der Waals surface area (Å²) in [4.78, 5) is 0. The van der Waals surface area contributed by atoms with Crippen molar-refractivity contribution in [2.75, 3.05) is 26.4 Å². The van der Waals surface area contributed by atoms with Gasteiger partial charge in [0.25, 0.3) is 0 Å². The van der Waals surface area contributed by atoms with E-state index in [1.165, 1.54) is 0 Å². The molecule has 0 spiro atoms. The van der Waals surface area contributed by atoms with Gasteiger partial charge in [-0.1, -0.05) is 91.4 Å². The van der Waals surface area contributed by atoms with Crippen molar-refractivity contribution in [3.63, 3.8) is 0 Å². The van der Waals surface area contributed by atoms with Crippen LogP contribution < -0.4 is 0 Å². The van der Waals surface area contributed by atoms with E-state index in [9.17, 15) is 0 Å². The molecule has 0 atom stereocenters. The minimum atomic E-state index is -1.53. The first-order valence-corrected chi connectivity index (χ1v) is 15.3. The van der Waals surface area contributed by atoms with Gasteiger partial charge in [-0.3, -0.25) is 0 Å². The van der Waals surface area contributed by atoms with Crippen LogP contribution in [-0.2, 0) is 9.47 Å². The van der Waals surface area contributed by atoms with E-state index in [0.717, 1.165) is 0 Å². The van der Waals surface area contributed by atoms with Crippen LogP contribution in [-0.4, -0.2) is 42.6 Å². The minimum absolute atomic E-state index is 0.282. The molecule has 0 rings (SSSR count). The van der Waals surface area contributed by atoms with Gasteiger partial charge in [0.1, 0.15) is 42.6 Å². The Balaban J connectivity index is 4.03. The Morgan fingerprint density at radius 2 is 0.808 bits per heavy atom. The molecule has 0 N–H and O–H groups in total. The molecular formula is C22H38O2Si2. The predicted octanol–water partition coefficient (Wildman–Crippen LogP) is 5.13. The lowest BCUT2D eigenvalue weighted by Crippen LogP contribution is -2.35. The van der Waals surface area contributed by atoms with Crippen molar-refractivity contribution in [3.8, 4) is 34.8 Å². The fourth-order valence-electron chi connectivity index (χ4n) is 1.30. The van der Waals surface area contributed by atoms with Crippen LogP contribution in [0.1, 0.15) is 41.5 Å². The molecule has 0 radical (unpaired) electrons. The van der Waals surface area contributed by atoms with Crippen LogP contribution in [0.3, 0.4) is 0 Å². The molecule has 0 aliphatic heterocycles. The van der Waals surface area contributed by atoms with Gasteiger partial charge in [0.2, 0.25) is 0 Å². The summed E-state index contributed by atoms with van der Waals surface area (Å²) in [7, 11) is -3.06. The largest absolute Gasteiger partial charge is 0.356 e. The summed E-state index contributed by atoms with van der Waals surface area (Å²) >= 11 is 0. The first kappa shape index (κ1) is 25.0. The van der Waals surface area contributed by atoms with Crippen molar-refractivity contribution >= 4 is 16.1 Å². The summed E-state index contributed by atoms with van der Waals surface area (Å²) in [6.07, 6.45) is 0. The first-order chi connectivity index (χ1) is 11.7. The minimum Gasteiger partial charge on any atom is -0.356 e. The van der Waals surface area contributed by atoms with E-state index in [1.807, 2.05) is 0 Å². The fourth-order valence-corrected chi connectivity index (χ4v) is 3.08. The second-order valence-electron chi connectivity index (χ2n) is 9.69. The van der Waals surface area contributed by atoms with Crippen molar-refractivity contribution < 1.29 is 9.47 Å². The zero-order valence-corrected chi connectivity index (χ0v) is 20.6. The SMILES string of the molecule is CC(C)(C)[Si](C)(C)C#CCOCC#CCOCC#C[Si](C)(C)C(C)(C)C. The maximum absolute atomic E-state index is 5.45. The second kappa shape index (κ2) is 10.4. The predicted molar refractivity (Wildman–Crippen MR) is 119 cm³/mol. The van der Waals surface area contributed by atoms with Gasteiger partial charge in [-0.05, 0) is 10.1 Å². The molecule has 0 saturated heterocycles. The maximum atomic E-state index is 5.45. The summed E-state index contributed by atoms with van der Waals surface area (Å²) in [5.41, 5.74) is 6.85. The van der Waals surface area contributed by atoms with Crippen LogP contribution in [0.25, 0.3) is 0 Å².